The molecule has 1 aromatic heterocycles. The van der Waals surface area contributed by atoms with Crippen LogP contribution in [-0.2, 0) is 24.6 Å². The fraction of sp³-hybridized carbons (Fsp3) is 0.667. The van der Waals surface area contributed by atoms with Crippen molar-refractivity contribution in [2.24, 2.45) is 12.8 Å². The Morgan fingerprint density at radius 1 is 1.55 bits per heavy atom. The maximum absolute atomic E-state index is 12.8. The Labute approximate surface area is 115 Å². The van der Waals surface area contributed by atoms with Crippen molar-refractivity contribution in [1.82, 2.24) is 14.7 Å². The summed E-state index contributed by atoms with van der Waals surface area (Å²) in [6.45, 7) is 1.72. The van der Waals surface area contributed by atoms with Crippen molar-refractivity contribution in [2.75, 3.05) is 7.05 Å². The molecular formula is C12H19F3N4O. The second-order valence-corrected chi connectivity index (χ2v) is 4.76. The minimum Gasteiger partial charge on any atom is -0.340 e. The first-order chi connectivity index (χ1) is 9.16. The zero-order valence-electron chi connectivity index (χ0n) is 11.7. The Hall–Kier alpha value is -1.57. The largest absolute Gasteiger partial charge is 0.435 e. The lowest BCUT2D eigenvalue weighted by Crippen LogP contribution is -2.41. The number of likely N-dealkylation sites (N-methyl/N-ethyl adjacent to an activating group) is 1. The average Bonchev–Trinajstić information content (AvgIpc) is 2.69. The van der Waals surface area contributed by atoms with Gasteiger partial charge in [-0.15, -0.1) is 0 Å². The molecule has 1 amide bonds. The smallest absolute Gasteiger partial charge is 0.340 e. The molecule has 0 aliphatic rings. The van der Waals surface area contributed by atoms with E-state index in [1.54, 1.807) is 0 Å². The molecule has 0 saturated heterocycles. The van der Waals surface area contributed by atoms with Gasteiger partial charge in [-0.05, 0) is 6.42 Å². The van der Waals surface area contributed by atoms with E-state index in [-0.39, 0.29) is 18.0 Å². The van der Waals surface area contributed by atoms with Crippen molar-refractivity contribution in [1.29, 1.82) is 0 Å². The third-order valence-corrected chi connectivity index (χ3v) is 2.87. The highest BCUT2D eigenvalue weighted by Gasteiger charge is 2.37. The molecule has 1 atom stereocenters. The molecule has 114 valence electrons. The van der Waals surface area contributed by atoms with Crippen LogP contribution in [0.3, 0.4) is 0 Å². The molecule has 20 heavy (non-hydrogen) atoms. The maximum Gasteiger partial charge on any atom is 0.435 e. The predicted molar refractivity (Wildman–Crippen MR) is 67.6 cm³/mol. The van der Waals surface area contributed by atoms with Crippen molar-refractivity contribution in [3.05, 3.63) is 17.5 Å². The second-order valence-electron chi connectivity index (χ2n) is 4.76. The van der Waals surface area contributed by atoms with Crippen LogP contribution < -0.4 is 5.73 Å². The number of nitrogens with two attached hydrogens (primary N) is 1. The monoisotopic (exact) mass is 292 g/mol. The minimum absolute atomic E-state index is 0.0421. The lowest BCUT2D eigenvalue weighted by molar-refractivity contribution is -0.143. The molecule has 0 fully saturated rings. The summed E-state index contributed by atoms with van der Waals surface area (Å²) in [5.74, 6) is -0.371. The quantitative estimate of drug-likeness (QED) is 0.895. The molecule has 1 rings (SSSR count). The van der Waals surface area contributed by atoms with Gasteiger partial charge in [0, 0.05) is 32.4 Å². The number of carbonyl (C=O) groups excluding carboxylic acids is 1. The summed E-state index contributed by atoms with van der Waals surface area (Å²) in [5, 5.41) is 3.40. The zero-order chi connectivity index (χ0) is 15.5. The summed E-state index contributed by atoms with van der Waals surface area (Å²) in [6, 6.07) is -0.684. The van der Waals surface area contributed by atoms with Crippen LogP contribution in [0.2, 0.25) is 0 Å². The second kappa shape index (κ2) is 6.25. The van der Waals surface area contributed by atoms with Gasteiger partial charge in [0.25, 0.3) is 0 Å². The van der Waals surface area contributed by atoms with Gasteiger partial charge in [0.05, 0.1) is 6.04 Å². The van der Waals surface area contributed by atoms with E-state index in [4.69, 9.17) is 5.73 Å². The number of hydrogen-bond acceptors (Lipinski definition) is 3. The number of rotatable bonds is 5. The SMILES string of the molecule is CCC[C@H](N)C(=O)N(C)Cc1cn(C)nc1C(F)(F)F. The van der Waals surface area contributed by atoms with Gasteiger partial charge in [0.15, 0.2) is 5.69 Å². The summed E-state index contributed by atoms with van der Waals surface area (Å²) in [7, 11) is 2.84. The van der Waals surface area contributed by atoms with Crippen LogP contribution in [-0.4, -0.2) is 33.7 Å². The Morgan fingerprint density at radius 3 is 2.65 bits per heavy atom. The lowest BCUT2D eigenvalue weighted by Gasteiger charge is -2.21. The molecule has 0 aliphatic heterocycles. The van der Waals surface area contributed by atoms with Crippen LogP contribution in [0.25, 0.3) is 0 Å². The number of carbonyl (C=O) groups is 1. The van der Waals surface area contributed by atoms with Gasteiger partial charge in [-0.1, -0.05) is 13.3 Å². The third kappa shape index (κ3) is 3.96. The van der Waals surface area contributed by atoms with E-state index in [2.05, 4.69) is 5.10 Å². The molecule has 5 nitrogen and oxygen atoms in total. The summed E-state index contributed by atoms with van der Waals surface area (Å²) in [6.07, 6.45) is -2.03. The van der Waals surface area contributed by atoms with Crippen molar-refractivity contribution in [3.63, 3.8) is 0 Å². The van der Waals surface area contributed by atoms with Gasteiger partial charge in [-0.25, -0.2) is 0 Å². The fourth-order valence-corrected chi connectivity index (χ4v) is 1.94. The summed E-state index contributed by atoms with van der Waals surface area (Å²) < 4.78 is 39.5. The first-order valence-corrected chi connectivity index (χ1v) is 6.27. The zero-order valence-corrected chi connectivity index (χ0v) is 11.7. The highest BCUT2D eigenvalue weighted by atomic mass is 19.4. The van der Waals surface area contributed by atoms with Crippen LogP contribution in [0.15, 0.2) is 6.20 Å². The molecule has 2 N–H and O–H groups in total. The van der Waals surface area contributed by atoms with Gasteiger partial charge in [-0.2, -0.15) is 18.3 Å². The van der Waals surface area contributed by atoms with E-state index in [0.717, 1.165) is 11.1 Å². The number of alkyl halides is 3. The number of nitrogens with zero attached hydrogens (tertiary/aromatic N) is 3. The average molecular weight is 292 g/mol. The molecule has 1 aromatic rings. The molecule has 0 bridgehead atoms. The molecule has 8 heteroatoms. The van der Waals surface area contributed by atoms with Crippen LogP contribution in [0.1, 0.15) is 31.0 Å². The first kappa shape index (κ1) is 16.5. The molecule has 0 aliphatic carbocycles. The highest BCUT2D eigenvalue weighted by Crippen LogP contribution is 2.31. The predicted octanol–water partition coefficient (Wildman–Crippen LogP) is 1.52. The number of amides is 1. The van der Waals surface area contributed by atoms with Gasteiger partial charge in [0.1, 0.15) is 0 Å². The minimum atomic E-state index is -4.54. The number of hydrogen-bond donors (Lipinski definition) is 1. The van der Waals surface area contributed by atoms with Gasteiger partial charge in [-0.3, -0.25) is 9.48 Å². The lowest BCUT2D eigenvalue weighted by atomic mass is 10.1. The van der Waals surface area contributed by atoms with Crippen LogP contribution in [0.4, 0.5) is 13.2 Å². The van der Waals surface area contributed by atoms with Gasteiger partial charge >= 0.3 is 6.18 Å². The van der Waals surface area contributed by atoms with E-state index < -0.39 is 17.9 Å². The van der Waals surface area contributed by atoms with E-state index >= 15 is 0 Å². The molecule has 0 unspecified atom stereocenters. The number of halogens is 3. The Balaban J connectivity index is 2.86. The summed E-state index contributed by atoms with van der Waals surface area (Å²) >= 11 is 0. The fourth-order valence-electron chi connectivity index (χ4n) is 1.94. The number of aryl methyl sites for hydroxylation is 1. The molecule has 0 aromatic carbocycles. The van der Waals surface area contributed by atoms with Crippen LogP contribution >= 0.6 is 0 Å². The van der Waals surface area contributed by atoms with Crippen LogP contribution in [0, 0.1) is 0 Å². The summed E-state index contributed by atoms with van der Waals surface area (Å²) in [5.41, 5.74) is 4.67. The van der Waals surface area contributed by atoms with E-state index in [1.165, 1.54) is 25.2 Å². The molecule has 0 radical (unpaired) electrons. The number of aromatic nitrogens is 2. The molecule has 0 saturated carbocycles. The standard InChI is InChI=1S/C12H19F3N4O/c1-4-5-9(16)11(20)18(2)6-8-7-19(3)17-10(8)12(13,14)15/h7,9H,4-6,16H2,1-3H3/t9-/m0/s1. The maximum atomic E-state index is 12.8. The van der Waals surface area contributed by atoms with Crippen molar-refractivity contribution < 1.29 is 18.0 Å². The third-order valence-electron chi connectivity index (χ3n) is 2.87. The normalized spacial score (nSPS) is 13.3. The Bertz CT molecular complexity index is 470. The first-order valence-electron chi connectivity index (χ1n) is 6.27. The molecule has 0 spiro atoms. The Kier molecular flexibility index (Phi) is 5.15. The Morgan fingerprint density at radius 2 is 2.15 bits per heavy atom. The van der Waals surface area contributed by atoms with Crippen molar-refractivity contribution in [3.8, 4) is 0 Å². The van der Waals surface area contributed by atoms with E-state index in [0.29, 0.717) is 6.42 Å². The topological polar surface area (TPSA) is 64.2 Å². The highest BCUT2D eigenvalue weighted by molar-refractivity contribution is 5.81. The van der Waals surface area contributed by atoms with E-state index in [1.807, 2.05) is 6.92 Å². The van der Waals surface area contributed by atoms with Gasteiger partial charge < -0.3 is 10.6 Å². The van der Waals surface area contributed by atoms with Crippen LogP contribution in [0.5, 0.6) is 0 Å². The molecular weight excluding hydrogens is 273 g/mol. The molecule has 1 heterocycles. The van der Waals surface area contributed by atoms with Crippen molar-refractivity contribution >= 4 is 5.91 Å². The van der Waals surface area contributed by atoms with Crippen molar-refractivity contribution in [2.45, 2.75) is 38.5 Å². The van der Waals surface area contributed by atoms with Gasteiger partial charge in [0.2, 0.25) is 5.91 Å². The van der Waals surface area contributed by atoms with E-state index in [9.17, 15) is 18.0 Å². The summed E-state index contributed by atoms with van der Waals surface area (Å²) in [4.78, 5) is 13.1.